The van der Waals surface area contributed by atoms with Gasteiger partial charge in [0.05, 0.1) is 6.61 Å². The predicted molar refractivity (Wildman–Crippen MR) is 59.7 cm³/mol. The van der Waals surface area contributed by atoms with E-state index < -0.39 is 0 Å². The summed E-state index contributed by atoms with van der Waals surface area (Å²) >= 11 is 0. The summed E-state index contributed by atoms with van der Waals surface area (Å²) in [7, 11) is 0. The molecular weight excluding hydrogens is 190 g/mol. The highest BCUT2D eigenvalue weighted by Gasteiger charge is 2.21. The fourth-order valence-electron chi connectivity index (χ4n) is 2.04. The highest BCUT2D eigenvalue weighted by molar-refractivity contribution is 4.71. The number of hydrogen-bond donors (Lipinski definition) is 1. The van der Waals surface area contributed by atoms with Crippen LogP contribution in [-0.4, -0.2) is 33.1 Å². The van der Waals surface area contributed by atoms with Crippen molar-refractivity contribution in [3.05, 3.63) is 0 Å². The second kappa shape index (κ2) is 6.46. The second-order valence-corrected chi connectivity index (χ2v) is 4.84. The van der Waals surface area contributed by atoms with Gasteiger partial charge >= 0.3 is 0 Å². The molecule has 1 unspecified atom stereocenters. The van der Waals surface area contributed by atoms with Crippen molar-refractivity contribution in [2.45, 2.75) is 32.1 Å². The van der Waals surface area contributed by atoms with Crippen LogP contribution in [0.3, 0.4) is 0 Å². The summed E-state index contributed by atoms with van der Waals surface area (Å²) in [5, 5.41) is 3.42. The van der Waals surface area contributed by atoms with E-state index in [9.17, 15) is 0 Å². The van der Waals surface area contributed by atoms with Gasteiger partial charge in [-0.15, -0.1) is 0 Å². The molecule has 0 spiro atoms. The van der Waals surface area contributed by atoms with E-state index in [4.69, 9.17) is 9.47 Å². The number of rotatable bonds is 7. The first-order chi connectivity index (χ1) is 7.45. The van der Waals surface area contributed by atoms with E-state index in [0.29, 0.717) is 6.79 Å². The minimum atomic E-state index is 0.497. The summed E-state index contributed by atoms with van der Waals surface area (Å²) in [5.41, 5.74) is 0. The third-order valence-corrected chi connectivity index (χ3v) is 3.29. The predicted octanol–water partition coefficient (Wildman–Crippen LogP) is 1.78. The van der Waals surface area contributed by atoms with E-state index in [2.05, 4.69) is 5.32 Å². The highest BCUT2D eigenvalue weighted by Crippen LogP contribution is 2.28. The van der Waals surface area contributed by atoms with Crippen molar-refractivity contribution in [2.75, 3.05) is 33.1 Å². The lowest BCUT2D eigenvalue weighted by molar-refractivity contribution is -0.0606. The van der Waals surface area contributed by atoms with Crippen molar-refractivity contribution in [2.24, 2.45) is 11.8 Å². The molecule has 0 radical (unpaired) electrons. The van der Waals surface area contributed by atoms with Gasteiger partial charge in [0, 0.05) is 6.61 Å². The zero-order chi connectivity index (χ0) is 10.3. The fraction of sp³-hybridized carbons (Fsp3) is 1.00. The summed E-state index contributed by atoms with van der Waals surface area (Å²) in [4.78, 5) is 0. The molecule has 1 heterocycles. The molecule has 0 bridgehead atoms. The lowest BCUT2D eigenvalue weighted by atomic mass is 9.97. The van der Waals surface area contributed by atoms with Crippen LogP contribution in [0.1, 0.15) is 32.1 Å². The summed E-state index contributed by atoms with van der Waals surface area (Å²) in [6.45, 7) is 4.63. The average molecular weight is 213 g/mol. The molecule has 1 N–H and O–H groups in total. The van der Waals surface area contributed by atoms with Gasteiger partial charge in [0.15, 0.2) is 0 Å². The van der Waals surface area contributed by atoms with Crippen molar-refractivity contribution in [1.29, 1.82) is 0 Å². The van der Waals surface area contributed by atoms with Gasteiger partial charge in [-0.05, 0) is 57.0 Å². The smallest absolute Gasteiger partial charge is 0.146 e. The van der Waals surface area contributed by atoms with Gasteiger partial charge in [0.25, 0.3) is 0 Å². The Morgan fingerprint density at radius 3 is 2.73 bits per heavy atom. The van der Waals surface area contributed by atoms with Crippen LogP contribution < -0.4 is 5.32 Å². The van der Waals surface area contributed by atoms with Crippen LogP contribution in [0.15, 0.2) is 0 Å². The maximum Gasteiger partial charge on any atom is 0.146 e. The fourth-order valence-corrected chi connectivity index (χ4v) is 2.04. The lowest BCUT2D eigenvalue weighted by Gasteiger charge is -2.22. The Balaban J connectivity index is 1.37. The van der Waals surface area contributed by atoms with E-state index in [1.807, 2.05) is 0 Å². The molecule has 15 heavy (non-hydrogen) atoms. The van der Waals surface area contributed by atoms with Crippen molar-refractivity contribution in [3.63, 3.8) is 0 Å². The standard InChI is InChI=1S/C12H23NO2/c1-2-11(8-13-6-1)5-7-14-10-15-9-12-3-4-12/h11-13H,1-10H2. The molecule has 2 aliphatic rings. The van der Waals surface area contributed by atoms with Crippen LogP contribution in [0.25, 0.3) is 0 Å². The summed E-state index contributed by atoms with van der Waals surface area (Å²) in [5.74, 6) is 1.67. The minimum absolute atomic E-state index is 0.497. The third kappa shape index (κ3) is 4.96. The number of nitrogens with one attached hydrogen (secondary N) is 1. The molecule has 2 rings (SSSR count). The van der Waals surface area contributed by atoms with Crippen LogP contribution in [0, 0.1) is 11.8 Å². The second-order valence-electron chi connectivity index (χ2n) is 4.84. The topological polar surface area (TPSA) is 30.5 Å². The Morgan fingerprint density at radius 1 is 1.07 bits per heavy atom. The highest BCUT2D eigenvalue weighted by atomic mass is 16.7. The lowest BCUT2D eigenvalue weighted by Crippen LogP contribution is -2.30. The minimum Gasteiger partial charge on any atom is -0.355 e. The van der Waals surface area contributed by atoms with Gasteiger partial charge in [-0.3, -0.25) is 0 Å². The SMILES string of the molecule is C1CNCC(CCOCOCC2CC2)C1. The molecule has 1 aliphatic carbocycles. The molecule has 0 aromatic heterocycles. The Hall–Kier alpha value is -0.120. The zero-order valence-electron chi connectivity index (χ0n) is 9.54. The number of hydrogen-bond acceptors (Lipinski definition) is 3. The van der Waals surface area contributed by atoms with Crippen molar-refractivity contribution >= 4 is 0 Å². The van der Waals surface area contributed by atoms with E-state index in [1.165, 1.54) is 45.2 Å². The van der Waals surface area contributed by atoms with Crippen LogP contribution in [0.5, 0.6) is 0 Å². The Bertz CT molecular complexity index is 165. The van der Waals surface area contributed by atoms with Crippen molar-refractivity contribution in [3.8, 4) is 0 Å². The summed E-state index contributed by atoms with van der Waals surface area (Å²) < 4.78 is 10.9. The zero-order valence-corrected chi connectivity index (χ0v) is 9.54. The van der Waals surface area contributed by atoms with Gasteiger partial charge in [0.1, 0.15) is 6.79 Å². The Kier molecular flexibility index (Phi) is 4.90. The average Bonchev–Trinajstić information content (AvgIpc) is 3.09. The molecule has 1 saturated heterocycles. The summed E-state index contributed by atoms with van der Waals surface area (Å²) in [6, 6.07) is 0. The molecule has 3 heteroatoms. The van der Waals surface area contributed by atoms with Crippen LogP contribution in [0.4, 0.5) is 0 Å². The monoisotopic (exact) mass is 213 g/mol. The normalized spacial score (nSPS) is 26.8. The first kappa shape index (κ1) is 11.4. The maximum absolute atomic E-state index is 5.46. The first-order valence-electron chi connectivity index (χ1n) is 6.31. The van der Waals surface area contributed by atoms with Gasteiger partial charge in [-0.1, -0.05) is 0 Å². The third-order valence-electron chi connectivity index (χ3n) is 3.29. The molecule has 3 nitrogen and oxygen atoms in total. The molecule has 1 atom stereocenters. The molecule has 0 amide bonds. The quantitative estimate of drug-likeness (QED) is 0.516. The molecule has 0 aromatic rings. The molecule has 1 saturated carbocycles. The van der Waals surface area contributed by atoms with Crippen LogP contribution in [0.2, 0.25) is 0 Å². The van der Waals surface area contributed by atoms with E-state index >= 15 is 0 Å². The number of piperidine rings is 1. The van der Waals surface area contributed by atoms with Gasteiger partial charge in [-0.25, -0.2) is 0 Å². The van der Waals surface area contributed by atoms with E-state index in [1.54, 1.807) is 0 Å². The van der Waals surface area contributed by atoms with Crippen molar-refractivity contribution in [1.82, 2.24) is 5.32 Å². The van der Waals surface area contributed by atoms with Crippen molar-refractivity contribution < 1.29 is 9.47 Å². The van der Waals surface area contributed by atoms with E-state index in [-0.39, 0.29) is 0 Å². The van der Waals surface area contributed by atoms with Gasteiger partial charge in [0.2, 0.25) is 0 Å². The number of ether oxygens (including phenoxy) is 2. The van der Waals surface area contributed by atoms with E-state index in [0.717, 1.165) is 25.0 Å². The molecule has 88 valence electrons. The first-order valence-corrected chi connectivity index (χ1v) is 6.31. The largest absolute Gasteiger partial charge is 0.355 e. The molecule has 2 fully saturated rings. The molecule has 0 aromatic carbocycles. The summed E-state index contributed by atoms with van der Waals surface area (Å²) in [6.07, 6.45) is 6.57. The van der Waals surface area contributed by atoms with Crippen LogP contribution in [-0.2, 0) is 9.47 Å². The van der Waals surface area contributed by atoms with Gasteiger partial charge in [-0.2, -0.15) is 0 Å². The van der Waals surface area contributed by atoms with Crippen LogP contribution >= 0.6 is 0 Å². The van der Waals surface area contributed by atoms with Gasteiger partial charge < -0.3 is 14.8 Å². The Labute approximate surface area is 92.5 Å². The Morgan fingerprint density at radius 2 is 2.00 bits per heavy atom. The molecule has 1 aliphatic heterocycles. The maximum atomic E-state index is 5.46. The molecular formula is C12H23NO2.